The summed E-state index contributed by atoms with van der Waals surface area (Å²) in [4.78, 5) is 14.8. The van der Waals surface area contributed by atoms with Gasteiger partial charge in [-0.25, -0.2) is 4.98 Å². The first-order chi connectivity index (χ1) is 15.2. The molecule has 1 aromatic heterocycles. The standard InChI is InChI=1S/C28H32BrN3.Fe/c1-17(2)22-12-9-13-23(18(3)4)28(22)31-21(7)26-16-10-15-25(32-26)20(6)30-27-19(5)11-8-14-24(27)29;/h8-18H,1-7H3;. The second kappa shape index (κ2) is 11.9. The summed E-state index contributed by atoms with van der Waals surface area (Å²) in [6.45, 7) is 15.0. The van der Waals surface area contributed by atoms with Crippen LogP contribution in [0.1, 0.15) is 81.5 Å². The maximum Gasteiger partial charge on any atom is 0.0849 e. The van der Waals surface area contributed by atoms with Crippen molar-refractivity contribution in [2.75, 3.05) is 0 Å². The van der Waals surface area contributed by atoms with Crippen molar-refractivity contribution >= 4 is 38.7 Å². The normalized spacial score (nSPS) is 12.3. The van der Waals surface area contributed by atoms with Gasteiger partial charge in [-0.1, -0.05) is 64.1 Å². The third-order valence-electron chi connectivity index (χ3n) is 5.58. The smallest absolute Gasteiger partial charge is 0.0849 e. The summed E-state index contributed by atoms with van der Waals surface area (Å²) < 4.78 is 0.984. The van der Waals surface area contributed by atoms with Gasteiger partial charge in [-0.15, -0.1) is 0 Å². The van der Waals surface area contributed by atoms with Gasteiger partial charge in [0.25, 0.3) is 0 Å². The summed E-state index contributed by atoms with van der Waals surface area (Å²) >= 11 is 3.61. The largest absolute Gasteiger partial charge is 0.251 e. The van der Waals surface area contributed by atoms with E-state index in [9.17, 15) is 0 Å². The maximum atomic E-state index is 5.09. The van der Waals surface area contributed by atoms with Crippen molar-refractivity contribution in [2.24, 2.45) is 9.98 Å². The zero-order chi connectivity index (χ0) is 23.4. The fourth-order valence-electron chi connectivity index (χ4n) is 3.69. The molecule has 0 saturated heterocycles. The molecular weight excluding hydrogens is 514 g/mol. The summed E-state index contributed by atoms with van der Waals surface area (Å²) in [5.74, 6) is 0.808. The van der Waals surface area contributed by atoms with Crippen molar-refractivity contribution in [1.29, 1.82) is 0 Å². The summed E-state index contributed by atoms with van der Waals surface area (Å²) in [5, 5.41) is 0. The van der Waals surface area contributed by atoms with Crippen molar-refractivity contribution in [2.45, 2.75) is 60.3 Å². The monoisotopic (exact) mass is 545 g/mol. The van der Waals surface area contributed by atoms with Crippen LogP contribution >= 0.6 is 15.9 Å². The third kappa shape index (κ3) is 6.50. The van der Waals surface area contributed by atoms with Crippen LogP contribution < -0.4 is 0 Å². The quantitative estimate of drug-likeness (QED) is 0.225. The number of rotatable bonds is 6. The summed E-state index contributed by atoms with van der Waals surface area (Å²) in [5.41, 5.74) is 9.20. The Morgan fingerprint density at radius 2 is 1.18 bits per heavy atom. The summed E-state index contributed by atoms with van der Waals surface area (Å²) in [6.07, 6.45) is 0. The van der Waals surface area contributed by atoms with Crippen LogP contribution in [0.25, 0.3) is 0 Å². The Balaban J connectivity index is 0.00000385. The van der Waals surface area contributed by atoms with Crippen molar-refractivity contribution in [1.82, 2.24) is 4.98 Å². The molecule has 0 unspecified atom stereocenters. The zero-order valence-corrected chi connectivity index (χ0v) is 23.1. The van der Waals surface area contributed by atoms with E-state index >= 15 is 0 Å². The van der Waals surface area contributed by atoms with Gasteiger partial charge in [0.05, 0.1) is 34.2 Å². The molecule has 0 atom stereocenters. The van der Waals surface area contributed by atoms with E-state index in [1.807, 2.05) is 44.2 Å². The topological polar surface area (TPSA) is 37.6 Å². The van der Waals surface area contributed by atoms with Gasteiger partial charge >= 0.3 is 0 Å². The van der Waals surface area contributed by atoms with Crippen LogP contribution in [0.5, 0.6) is 0 Å². The maximum absolute atomic E-state index is 5.09. The molecule has 0 radical (unpaired) electrons. The molecule has 33 heavy (non-hydrogen) atoms. The van der Waals surface area contributed by atoms with E-state index in [1.165, 1.54) is 11.1 Å². The minimum atomic E-state index is 0. The van der Waals surface area contributed by atoms with E-state index in [-0.39, 0.29) is 17.1 Å². The predicted molar refractivity (Wildman–Crippen MR) is 141 cm³/mol. The number of benzene rings is 2. The fraction of sp³-hybridized carbons (Fsp3) is 0.321. The van der Waals surface area contributed by atoms with Crippen LogP contribution in [0, 0.1) is 6.92 Å². The first-order valence-electron chi connectivity index (χ1n) is 11.1. The molecule has 0 aliphatic carbocycles. The minimum absolute atomic E-state index is 0. The second-order valence-electron chi connectivity index (χ2n) is 8.80. The first-order valence-corrected chi connectivity index (χ1v) is 11.9. The van der Waals surface area contributed by atoms with Crippen LogP contribution in [0.4, 0.5) is 11.4 Å². The molecular formula is C28H32BrFeN3. The van der Waals surface area contributed by atoms with Gasteiger partial charge in [-0.2, -0.15) is 0 Å². The molecule has 0 spiro atoms. The molecule has 3 rings (SSSR count). The van der Waals surface area contributed by atoms with E-state index in [2.05, 4.69) is 74.8 Å². The van der Waals surface area contributed by atoms with Gasteiger partial charge in [-0.3, -0.25) is 9.98 Å². The number of aliphatic imine (C=N–C) groups is 2. The van der Waals surface area contributed by atoms with E-state index in [0.29, 0.717) is 11.8 Å². The first kappa shape index (κ1) is 27.2. The number of hydrogen-bond acceptors (Lipinski definition) is 3. The number of pyridine rings is 1. The van der Waals surface area contributed by atoms with Crippen molar-refractivity contribution in [3.8, 4) is 0 Å². The molecule has 174 valence electrons. The number of aryl methyl sites for hydroxylation is 1. The Morgan fingerprint density at radius 1 is 0.727 bits per heavy atom. The molecule has 1 heterocycles. The number of halogens is 1. The van der Waals surface area contributed by atoms with Gasteiger partial charge in [0.1, 0.15) is 0 Å². The molecule has 0 bridgehead atoms. The van der Waals surface area contributed by atoms with Gasteiger partial charge in [-0.05, 0) is 83.4 Å². The molecule has 5 heteroatoms. The number of para-hydroxylation sites is 2. The van der Waals surface area contributed by atoms with E-state index in [1.54, 1.807) is 0 Å². The number of hydrogen-bond donors (Lipinski definition) is 0. The Hall–Kier alpha value is -2.07. The Kier molecular flexibility index (Phi) is 9.78. The molecule has 0 amide bonds. The van der Waals surface area contributed by atoms with Crippen LogP contribution in [-0.4, -0.2) is 16.4 Å². The van der Waals surface area contributed by atoms with E-state index < -0.39 is 0 Å². The average molecular weight is 546 g/mol. The fourth-order valence-corrected chi connectivity index (χ4v) is 4.25. The molecule has 3 aromatic rings. The molecule has 0 aliphatic heterocycles. The number of aromatic nitrogens is 1. The molecule has 0 saturated carbocycles. The van der Waals surface area contributed by atoms with Crippen molar-refractivity contribution < 1.29 is 17.1 Å². The van der Waals surface area contributed by atoms with Crippen LogP contribution in [0.2, 0.25) is 0 Å². The van der Waals surface area contributed by atoms with Crippen LogP contribution in [-0.2, 0) is 17.1 Å². The predicted octanol–water partition coefficient (Wildman–Crippen LogP) is 8.68. The van der Waals surface area contributed by atoms with Crippen molar-refractivity contribution in [3.05, 3.63) is 87.1 Å². The molecule has 0 aliphatic rings. The van der Waals surface area contributed by atoms with Gasteiger partial charge < -0.3 is 0 Å². The average Bonchev–Trinajstić information content (AvgIpc) is 2.76. The molecule has 0 N–H and O–H groups in total. The van der Waals surface area contributed by atoms with Crippen LogP contribution in [0.15, 0.2) is 69.1 Å². The number of nitrogens with zero attached hydrogens (tertiary/aromatic N) is 3. The Morgan fingerprint density at radius 3 is 1.67 bits per heavy atom. The Bertz CT molecular complexity index is 1130. The van der Waals surface area contributed by atoms with E-state index in [4.69, 9.17) is 15.0 Å². The molecule has 2 aromatic carbocycles. The SMILES string of the molecule is CC(=Nc1c(C)cccc1Br)c1cccc(C(C)=Nc2c(C(C)C)cccc2C(C)C)n1.[Fe]. The minimum Gasteiger partial charge on any atom is -0.251 e. The Labute approximate surface area is 217 Å². The van der Waals surface area contributed by atoms with E-state index in [0.717, 1.165) is 44.2 Å². The van der Waals surface area contributed by atoms with Crippen molar-refractivity contribution in [3.63, 3.8) is 0 Å². The summed E-state index contributed by atoms with van der Waals surface area (Å²) in [7, 11) is 0. The molecule has 0 fully saturated rings. The second-order valence-corrected chi connectivity index (χ2v) is 9.66. The van der Waals surface area contributed by atoms with Gasteiger partial charge in [0.2, 0.25) is 0 Å². The van der Waals surface area contributed by atoms with Crippen LogP contribution in [0.3, 0.4) is 0 Å². The summed E-state index contributed by atoms with van der Waals surface area (Å²) in [6, 6.07) is 18.7. The van der Waals surface area contributed by atoms with Gasteiger partial charge in [0, 0.05) is 21.5 Å². The molecule has 3 nitrogen and oxygen atoms in total. The van der Waals surface area contributed by atoms with Gasteiger partial charge in [0.15, 0.2) is 0 Å². The zero-order valence-electron chi connectivity index (χ0n) is 20.4. The third-order valence-corrected chi connectivity index (χ3v) is 6.22.